The van der Waals surface area contributed by atoms with Crippen LogP contribution in [0.15, 0.2) is 0 Å². The van der Waals surface area contributed by atoms with E-state index in [1.165, 1.54) is 0 Å². The van der Waals surface area contributed by atoms with Gasteiger partial charge in [-0.15, -0.1) is 0 Å². The van der Waals surface area contributed by atoms with Crippen LogP contribution in [0.25, 0.3) is 0 Å². The summed E-state index contributed by atoms with van der Waals surface area (Å²) in [6, 6.07) is 0.234. The highest BCUT2D eigenvalue weighted by atomic mass is 16.6. The van der Waals surface area contributed by atoms with Crippen molar-refractivity contribution in [3.63, 3.8) is 0 Å². The van der Waals surface area contributed by atoms with Crippen LogP contribution >= 0.6 is 0 Å². The number of carbonyl (C=O) groups excluding carboxylic acids is 1. The Morgan fingerprint density at radius 3 is 2.40 bits per heavy atom. The summed E-state index contributed by atoms with van der Waals surface area (Å²) >= 11 is 0. The fraction of sp³-hybridized carbons (Fsp3) is 0.857. The molecule has 0 radical (unpaired) electrons. The zero-order chi connectivity index (χ0) is 7.72. The predicted octanol–water partition coefficient (Wildman–Crippen LogP) is 1.24. The third-order valence-electron chi connectivity index (χ3n) is 2.03. The van der Waals surface area contributed by atoms with E-state index in [2.05, 4.69) is 0 Å². The van der Waals surface area contributed by atoms with Gasteiger partial charge in [-0.3, -0.25) is 0 Å². The van der Waals surface area contributed by atoms with E-state index in [0.29, 0.717) is 0 Å². The largest absolute Gasteiger partial charge is 0.444 e. The average molecular weight is 143 g/mol. The lowest BCUT2D eigenvalue weighted by Crippen LogP contribution is -2.32. The van der Waals surface area contributed by atoms with Gasteiger partial charge in [-0.25, -0.2) is 4.79 Å². The summed E-state index contributed by atoms with van der Waals surface area (Å²) in [5.74, 6) is 0. The Kier molecular flexibility index (Phi) is 1.83. The van der Waals surface area contributed by atoms with Gasteiger partial charge >= 0.3 is 6.09 Å². The second kappa shape index (κ2) is 2.48. The lowest BCUT2D eigenvalue weighted by atomic mass is 10.2. The second-order valence-electron chi connectivity index (χ2n) is 2.62. The van der Waals surface area contributed by atoms with Gasteiger partial charge in [-0.05, 0) is 20.8 Å². The van der Waals surface area contributed by atoms with Crippen molar-refractivity contribution in [1.82, 2.24) is 4.90 Å². The number of rotatable bonds is 1. The number of hydrogen-bond acceptors (Lipinski definition) is 2. The molecule has 3 heteroatoms. The van der Waals surface area contributed by atoms with E-state index in [-0.39, 0.29) is 18.2 Å². The maximum atomic E-state index is 10.9. The minimum absolute atomic E-state index is 0.0486. The van der Waals surface area contributed by atoms with E-state index in [9.17, 15) is 4.79 Å². The van der Waals surface area contributed by atoms with Crippen molar-refractivity contribution < 1.29 is 9.53 Å². The summed E-state index contributed by atoms with van der Waals surface area (Å²) in [6.45, 7) is 6.61. The van der Waals surface area contributed by atoms with Gasteiger partial charge in [0.25, 0.3) is 0 Å². The topological polar surface area (TPSA) is 29.5 Å². The molecule has 0 aliphatic carbocycles. The summed E-state index contributed by atoms with van der Waals surface area (Å²) in [5, 5.41) is 0. The Bertz CT molecular complexity index is 147. The predicted molar refractivity (Wildman–Crippen MR) is 37.8 cm³/mol. The molecule has 0 bridgehead atoms. The van der Waals surface area contributed by atoms with Gasteiger partial charge in [0.2, 0.25) is 0 Å². The van der Waals surface area contributed by atoms with E-state index in [4.69, 9.17) is 4.74 Å². The fourth-order valence-corrected chi connectivity index (χ4v) is 1.16. The van der Waals surface area contributed by atoms with Crippen molar-refractivity contribution in [3.8, 4) is 0 Å². The Labute approximate surface area is 61.0 Å². The van der Waals surface area contributed by atoms with E-state index < -0.39 is 0 Å². The molecule has 1 rings (SSSR count). The van der Waals surface area contributed by atoms with E-state index >= 15 is 0 Å². The molecule has 1 fully saturated rings. The summed E-state index contributed by atoms with van der Waals surface area (Å²) < 4.78 is 4.96. The number of cyclic esters (lactones) is 1. The van der Waals surface area contributed by atoms with Crippen molar-refractivity contribution in [2.24, 2.45) is 0 Å². The van der Waals surface area contributed by atoms with Crippen LogP contribution in [-0.4, -0.2) is 29.7 Å². The molecule has 1 unspecified atom stereocenters. The van der Waals surface area contributed by atoms with Gasteiger partial charge in [0, 0.05) is 6.54 Å². The molecule has 0 spiro atoms. The Morgan fingerprint density at radius 1 is 1.60 bits per heavy atom. The van der Waals surface area contributed by atoms with Crippen LogP contribution in [0.3, 0.4) is 0 Å². The lowest BCUT2D eigenvalue weighted by molar-refractivity contribution is 0.137. The number of amides is 1. The number of ether oxygens (including phenoxy) is 1. The first-order valence-electron chi connectivity index (χ1n) is 3.64. The van der Waals surface area contributed by atoms with E-state index in [0.717, 1.165) is 6.54 Å². The molecule has 0 saturated carbocycles. The molecular formula is C7H13NO2. The second-order valence-corrected chi connectivity index (χ2v) is 2.62. The van der Waals surface area contributed by atoms with Crippen LogP contribution in [0.4, 0.5) is 4.79 Å². The zero-order valence-corrected chi connectivity index (χ0v) is 6.63. The number of nitrogens with zero attached hydrogens (tertiary/aromatic N) is 1. The van der Waals surface area contributed by atoms with Gasteiger partial charge < -0.3 is 9.64 Å². The molecule has 1 aliphatic heterocycles. The molecule has 3 nitrogen and oxygen atoms in total. The number of hydrogen-bond donors (Lipinski definition) is 0. The maximum absolute atomic E-state index is 10.9. The van der Waals surface area contributed by atoms with Gasteiger partial charge in [0.15, 0.2) is 0 Å². The molecule has 1 heterocycles. The highest BCUT2D eigenvalue weighted by Gasteiger charge is 2.34. The van der Waals surface area contributed by atoms with Gasteiger partial charge in [0.1, 0.15) is 6.10 Å². The Hall–Kier alpha value is -0.730. The summed E-state index contributed by atoms with van der Waals surface area (Å²) in [6.07, 6.45) is -0.130. The SMILES string of the molecule is CCN1C(=O)O[C@@H](C)C1C. The van der Waals surface area contributed by atoms with Crippen molar-refractivity contribution >= 4 is 6.09 Å². The van der Waals surface area contributed by atoms with Crippen LogP contribution in [-0.2, 0) is 4.74 Å². The van der Waals surface area contributed by atoms with Crippen LogP contribution in [0.1, 0.15) is 20.8 Å². The molecule has 0 N–H and O–H groups in total. The zero-order valence-electron chi connectivity index (χ0n) is 6.63. The van der Waals surface area contributed by atoms with Crippen LogP contribution in [0, 0.1) is 0 Å². The third-order valence-corrected chi connectivity index (χ3v) is 2.03. The van der Waals surface area contributed by atoms with Crippen LogP contribution in [0.5, 0.6) is 0 Å². The fourth-order valence-electron chi connectivity index (χ4n) is 1.16. The normalized spacial score (nSPS) is 32.7. The van der Waals surface area contributed by atoms with E-state index in [1.54, 1.807) is 4.90 Å². The van der Waals surface area contributed by atoms with Crippen molar-refractivity contribution in [3.05, 3.63) is 0 Å². The first-order chi connectivity index (χ1) is 4.66. The van der Waals surface area contributed by atoms with Gasteiger partial charge in [0.05, 0.1) is 6.04 Å². The highest BCUT2D eigenvalue weighted by molar-refractivity contribution is 5.70. The van der Waals surface area contributed by atoms with Crippen molar-refractivity contribution in [1.29, 1.82) is 0 Å². The molecule has 2 atom stereocenters. The third kappa shape index (κ3) is 0.958. The molecule has 1 saturated heterocycles. The molecule has 0 aromatic heterocycles. The molecule has 0 aromatic rings. The molecule has 58 valence electrons. The monoisotopic (exact) mass is 143 g/mol. The standard InChI is InChI=1S/C7H13NO2/c1-4-8-5(2)6(3)10-7(8)9/h5-6H,4H2,1-3H3/t5?,6-/m0/s1. The quantitative estimate of drug-likeness (QED) is 0.552. The van der Waals surface area contributed by atoms with Crippen molar-refractivity contribution in [2.45, 2.75) is 32.9 Å². The minimum atomic E-state index is -0.178. The summed E-state index contributed by atoms with van der Waals surface area (Å²) in [7, 11) is 0. The summed E-state index contributed by atoms with van der Waals surface area (Å²) in [4.78, 5) is 12.7. The lowest BCUT2D eigenvalue weighted by Gasteiger charge is -2.16. The highest BCUT2D eigenvalue weighted by Crippen LogP contribution is 2.17. The Balaban J connectivity index is 2.64. The van der Waals surface area contributed by atoms with Gasteiger partial charge in [-0.1, -0.05) is 0 Å². The average Bonchev–Trinajstić information content (AvgIpc) is 2.09. The first-order valence-corrected chi connectivity index (χ1v) is 3.64. The molecular weight excluding hydrogens is 130 g/mol. The summed E-state index contributed by atoms with van der Waals surface area (Å²) in [5.41, 5.74) is 0. The Morgan fingerprint density at radius 2 is 2.20 bits per heavy atom. The molecule has 0 aromatic carbocycles. The van der Waals surface area contributed by atoms with Crippen molar-refractivity contribution in [2.75, 3.05) is 6.54 Å². The number of likely N-dealkylation sites (N-methyl/N-ethyl adjacent to an activating group) is 1. The maximum Gasteiger partial charge on any atom is 0.410 e. The van der Waals surface area contributed by atoms with Gasteiger partial charge in [-0.2, -0.15) is 0 Å². The smallest absolute Gasteiger partial charge is 0.410 e. The van der Waals surface area contributed by atoms with E-state index in [1.807, 2.05) is 20.8 Å². The molecule has 1 amide bonds. The van der Waals surface area contributed by atoms with Crippen LogP contribution < -0.4 is 0 Å². The van der Waals surface area contributed by atoms with Crippen LogP contribution in [0.2, 0.25) is 0 Å². The molecule has 1 aliphatic rings. The minimum Gasteiger partial charge on any atom is -0.444 e. The molecule has 10 heavy (non-hydrogen) atoms. The number of carbonyl (C=O) groups is 1. The first kappa shape index (κ1) is 7.38.